The van der Waals surface area contributed by atoms with Crippen molar-refractivity contribution in [1.29, 1.82) is 0 Å². The molecule has 0 heterocycles. The summed E-state index contributed by atoms with van der Waals surface area (Å²) in [6.45, 7) is 7.77. The standard InChI is InChI=1S/C137H100O8/c1-5-9-69-142-113-61-37-93-77-109(41-33-97(93)81-113)134(125-25-17-13-21-117(125)121-65-29-89(85-138)73-129(121)134)105-53-45-101(46-54-105)133(102-47-55-106(56-48-102)135(110-42-34-98-82-114(143-70-10-6-2)62-38-94(98)78-110)126-26-18-14-22-118(126)122-66-30-90(86-139)74-130(122)135,103-49-57-107(58-50-103)136(111-43-35-99-83-115(144-71-11-7-3)63-39-95(99)79-111)127-27-19-15-23-119(127)123-67-31-91(87-140)75-131(123)136)104-51-59-108(60-52-104)137(112-44-36-100-84-116(145-72-12-8-4)64-40-96(100)80-112)128-28-20-16-24-120(128)124-68-32-92(88-141)76-132(124)137/h13-68,73-84,138-141H,69-72,85-88H2,1-4H3. The van der Waals surface area contributed by atoms with Crippen LogP contribution in [0.5, 0.6) is 23.0 Å². The number of fused-ring (bicyclic) bond motifs is 16. The van der Waals surface area contributed by atoms with Gasteiger partial charge in [-0.2, -0.15) is 0 Å². The maximum absolute atomic E-state index is 11.4. The fourth-order valence-electron chi connectivity index (χ4n) is 24.7. The molecule has 696 valence electrons. The molecule has 4 unspecified atom stereocenters. The molecule has 20 aromatic carbocycles. The maximum Gasteiger partial charge on any atom is 0.149 e. The van der Waals surface area contributed by atoms with Crippen molar-refractivity contribution in [3.8, 4) is 115 Å². The average molecular weight is 1870 g/mol. The van der Waals surface area contributed by atoms with E-state index in [-0.39, 0.29) is 52.9 Å². The lowest BCUT2D eigenvalue weighted by molar-refractivity contribution is 0.281. The number of aliphatic hydroxyl groups excluding tert-OH is 4. The van der Waals surface area contributed by atoms with Crippen molar-refractivity contribution in [2.75, 3.05) is 26.4 Å². The van der Waals surface area contributed by atoms with Crippen LogP contribution in [0.25, 0.3) is 87.6 Å². The Kier molecular flexibility index (Phi) is 23.0. The monoisotopic (exact) mass is 1870 g/mol. The molecule has 4 N–H and O–H groups in total. The van der Waals surface area contributed by atoms with Crippen LogP contribution in [0.3, 0.4) is 0 Å². The topological polar surface area (TPSA) is 118 Å². The Balaban J connectivity index is 0.796. The first-order valence-electron chi connectivity index (χ1n) is 49.5. The average Bonchev–Trinajstić information content (AvgIpc) is 1.63. The van der Waals surface area contributed by atoms with Gasteiger partial charge in [0, 0.05) is 0 Å². The van der Waals surface area contributed by atoms with Crippen LogP contribution in [0.4, 0.5) is 0 Å². The van der Waals surface area contributed by atoms with Crippen LogP contribution in [0, 0.1) is 47.4 Å². The molecule has 0 spiro atoms. The van der Waals surface area contributed by atoms with Crippen molar-refractivity contribution in [3.63, 3.8) is 0 Å². The van der Waals surface area contributed by atoms with Crippen molar-refractivity contribution in [3.05, 3.63) is 546 Å². The molecular formula is C137H100O8. The second kappa shape index (κ2) is 37.0. The van der Waals surface area contributed by atoms with Crippen LogP contribution >= 0.6 is 0 Å². The van der Waals surface area contributed by atoms with Crippen molar-refractivity contribution in [1.82, 2.24) is 0 Å². The van der Waals surface area contributed by atoms with E-state index < -0.39 is 27.1 Å². The van der Waals surface area contributed by atoms with Crippen LogP contribution in [0.1, 0.15) is 161 Å². The van der Waals surface area contributed by atoms with E-state index >= 15 is 0 Å². The summed E-state index contributed by atoms with van der Waals surface area (Å²) >= 11 is 0. The van der Waals surface area contributed by atoms with Crippen LogP contribution in [-0.4, -0.2) is 46.9 Å². The zero-order chi connectivity index (χ0) is 98.1. The molecule has 24 rings (SSSR count). The number of hydrogen-bond acceptors (Lipinski definition) is 8. The Morgan fingerprint density at radius 3 is 0.600 bits per heavy atom. The summed E-state index contributed by atoms with van der Waals surface area (Å²) < 4.78 is 24.9. The number of hydrogen-bond donors (Lipinski definition) is 4. The van der Waals surface area contributed by atoms with Crippen LogP contribution < -0.4 is 18.9 Å². The fraction of sp³-hybridized carbons (Fsp3) is 0.124. The van der Waals surface area contributed by atoms with Gasteiger partial charge in [-0.15, -0.1) is 23.7 Å². The Hall–Kier alpha value is -17.3. The molecule has 8 heteroatoms. The third kappa shape index (κ3) is 14.3. The number of ether oxygens (including phenoxy) is 4. The summed E-state index contributed by atoms with van der Waals surface area (Å²) in [6.07, 6.45) is 0. The van der Waals surface area contributed by atoms with E-state index in [1.165, 1.54) is 0 Å². The molecule has 4 aliphatic carbocycles. The van der Waals surface area contributed by atoms with Crippen molar-refractivity contribution < 1.29 is 39.4 Å². The molecule has 0 bridgehead atoms. The zero-order valence-corrected chi connectivity index (χ0v) is 80.8. The molecule has 8 nitrogen and oxygen atoms in total. The zero-order valence-electron chi connectivity index (χ0n) is 80.8. The molecule has 0 aliphatic heterocycles. The summed E-state index contributed by atoms with van der Waals surface area (Å²) in [7, 11) is 0. The van der Waals surface area contributed by atoms with Crippen molar-refractivity contribution in [2.24, 2.45) is 0 Å². The molecule has 0 saturated carbocycles. The minimum absolute atomic E-state index is 0.157. The number of aliphatic hydroxyl groups is 4. The molecule has 0 amide bonds. The highest BCUT2D eigenvalue weighted by atomic mass is 16.5. The van der Waals surface area contributed by atoms with Gasteiger partial charge < -0.3 is 39.4 Å². The predicted octanol–water partition coefficient (Wildman–Crippen LogP) is 27.7. The first kappa shape index (κ1) is 90.3. The van der Waals surface area contributed by atoms with Crippen LogP contribution in [0.15, 0.2) is 413 Å². The van der Waals surface area contributed by atoms with Gasteiger partial charge in [0.2, 0.25) is 0 Å². The van der Waals surface area contributed by atoms with E-state index in [0.717, 1.165) is 244 Å². The molecule has 0 fully saturated rings. The Morgan fingerprint density at radius 2 is 0.386 bits per heavy atom. The lowest BCUT2D eigenvalue weighted by Gasteiger charge is -2.40. The molecule has 4 atom stereocenters. The fourth-order valence-corrected chi connectivity index (χ4v) is 24.7. The van der Waals surface area contributed by atoms with Gasteiger partial charge in [-0.05, 0) is 322 Å². The number of benzene rings is 20. The molecule has 20 aromatic rings. The summed E-state index contributed by atoms with van der Waals surface area (Å²) in [5.41, 5.74) is 27.9. The lowest BCUT2D eigenvalue weighted by atomic mass is 9.61. The Labute approximate surface area is 845 Å². The third-order valence-corrected chi connectivity index (χ3v) is 31.1. The summed E-state index contributed by atoms with van der Waals surface area (Å²) in [5.74, 6) is 27.2. The largest absolute Gasteiger partial charge is 0.481 e. The highest BCUT2D eigenvalue weighted by Gasteiger charge is 2.53. The van der Waals surface area contributed by atoms with E-state index in [4.69, 9.17) is 18.9 Å². The summed E-state index contributed by atoms with van der Waals surface area (Å²) in [6, 6.07) is 152. The predicted molar refractivity (Wildman–Crippen MR) is 583 cm³/mol. The van der Waals surface area contributed by atoms with Crippen molar-refractivity contribution in [2.45, 2.75) is 81.2 Å². The SMILES string of the molecule is CC#CCOc1ccc2cc(C3(c4ccc(C(c5ccc(C6(c7ccc8cc(OCC#CC)ccc8c7)c7ccccc7-c7ccc(CO)cc76)cc5)(c5ccc(C6(c7ccc8cc(OCC#CC)ccc8c7)c7ccccc7-c7ccc(CO)cc76)cc5)c5ccc(C6(c7ccc8cc(OCC#CC)ccc8c7)c7ccccc7-c7ccc(CO)cc76)cc5)cc4)c4ccccc4-c4ccc(CO)cc43)ccc2c1. The van der Waals surface area contributed by atoms with E-state index in [9.17, 15) is 20.4 Å². The van der Waals surface area contributed by atoms with E-state index in [0.29, 0.717) is 0 Å². The minimum atomic E-state index is -1.25. The highest BCUT2D eigenvalue weighted by molar-refractivity contribution is 5.97. The van der Waals surface area contributed by atoms with Gasteiger partial charge in [0.1, 0.15) is 49.4 Å². The van der Waals surface area contributed by atoms with Gasteiger partial charge in [-0.1, -0.05) is 363 Å². The molecule has 4 aliphatic rings. The van der Waals surface area contributed by atoms with E-state index in [2.05, 4.69) is 436 Å². The van der Waals surface area contributed by atoms with Gasteiger partial charge in [0.25, 0.3) is 0 Å². The third-order valence-electron chi connectivity index (χ3n) is 31.1. The van der Waals surface area contributed by atoms with Gasteiger partial charge >= 0.3 is 0 Å². The van der Waals surface area contributed by atoms with Crippen molar-refractivity contribution >= 4 is 43.1 Å². The first-order valence-corrected chi connectivity index (χ1v) is 49.5. The minimum Gasteiger partial charge on any atom is -0.481 e. The maximum atomic E-state index is 11.4. The van der Waals surface area contributed by atoms with Crippen LogP contribution in [-0.2, 0) is 53.5 Å². The van der Waals surface area contributed by atoms with Gasteiger partial charge in [0.15, 0.2) is 0 Å². The van der Waals surface area contributed by atoms with E-state index in [1.54, 1.807) is 0 Å². The Morgan fingerprint density at radius 1 is 0.193 bits per heavy atom. The van der Waals surface area contributed by atoms with Gasteiger partial charge in [-0.25, -0.2) is 0 Å². The second-order valence-electron chi connectivity index (χ2n) is 38.2. The Bertz CT molecular complexity index is 7870. The molecule has 0 radical (unpaired) electrons. The lowest BCUT2D eigenvalue weighted by Crippen LogP contribution is -2.34. The molecular weight excluding hydrogens is 1770 g/mol. The van der Waals surface area contributed by atoms with E-state index in [1.807, 2.05) is 52.0 Å². The summed E-state index contributed by atoms with van der Waals surface area (Å²) in [4.78, 5) is 0. The normalized spacial score (nSPS) is 16.4. The van der Waals surface area contributed by atoms with Gasteiger partial charge in [-0.3, -0.25) is 0 Å². The van der Waals surface area contributed by atoms with Crippen LogP contribution in [0.2, 0.25) is 0 Å². The first-order chi connectivity index (χ1) is 71.4. The summed E-state index contributed by atoms with van der Waals surface area (Å²) in [5, 5.41) is 53.9. The second-order valence-corrected chi connectivity index (χ2v) is 38.2. The number of rotatable bonds is 24. The molecule has 0 aromatic heterocycles. The smallest absolute Gasteiger partial charge is 0.149 e. The highest BCUT2D eigenvalue weighted by Crippen LogP contribution is 2.64. The molecule has 145 heavy (non-hydrogen) atoms. The quantitative estimate of drug-likeness (QED) is 0.0349. The molecule has 0 saturated heterocycles. The van der Waals surface area contributed by atoms with Gasteiger partial charge in [0.05, 0.1) is 53.5 Å².